The second kappa shape index (κ2) is 7.19. The number of ether oxygens (including phenoxy) is 1. The van der Waals surface area contributed by atoms with Crippen LogP contribution in [-0.4, -0.2) is 49.2 Å². The highest BCUT2D eigenvalue weighted by atomic mass is 32.2. The van der Waals surface area contributed by atoms with E-state index in [2.05, 4.69) is 4.72 Å². The number of halogens is 3. The summed E-state index contributed by atoms with van der Waals surface area (Å²) >= 11 is 0. The third-order valence-electron chi connectivity index (χ3n) is 3.75. The van der Waals surface area contributed by atoms with Crippen LogP contribution in [0.5, 0.6) is 5.75 Å². The van der Waals surface area contributed by atoms with Gasteiger partial charge < -0.3 is 14.7 Å². The second-order valence-corrected chi connectivity index (χ2v) is 8.92. The molecule has 0 saturated carbocycles. The summed E-state index contributed by atoms with van der Waals surface area (Å²) in [5, 5.41) is 9.32. The molecule has 1 aromatic carbocycles. The maximum Gasteiger partial charge on any atom is 0.419 e. The molecule has 1 fully saturated rings. The number of nitrogens with zero attached hydrogens (tertiary/aromatic N) is 1. The Morgan fingerprint density at radius 1 is 1.30 bits per heavy atom. The topological polar surface area (TPSA) is 95.9 Å². The summed E-state index contributed by atoms with van der Waals surface area (Å²) < 4.78 is 70.9. The first-order chi connectivity index (χ1) is 12.2. The first kappa shape index (κ1) is 21.3. The molecule has 1 amide bonds. The Labute approximate surface area is 155 Å². The molecule has 0 bridgehead atoms. The molecule has 152 valence electrons. The summed E-state index contributed by atoms with van der Waals surface area (Å²) in [6, 6.07) is 1.27. The zero-order chi connectivity index (χ0) is 20.6. The van der Waals surface area contributed by atoms with Gasteiger partial charge in [-0.15, -0.1) is 0 Å². The van der Waals surface area contributed by atoms with Crippen LogP contribution in [-0.2, 0) is 20.9 Å². The number of aromatic hydroxyl groups is 1. The summed E-state index contributed by atoms with van der Waals surface area (Å²) in [7, 11) is -4.27. The molecule has 0 unspecified atom stereocenters. The van der Waals surface area contributed by atoms with Gasteiger partial charge in [0.25, 0.3) is 0 Å². The average molecular weight is 410 g/mol. The van der Waals surface area contributed by atoms with Crippen molar-refractivity contribution in [3.05, 3.63) is 23.8 Å². The van der Waals surface area contributed by atoms with Crippen LogP contribution >= 0.6 is 0 Å². The van der Waals surface area contributed by atoms with Crippen molar-refractivity contribution in [1.29, 1.82) is 0 Å². The molecular weight excluding hydrogens is 389 g/mol. The monoisotopic (exact) mass is 410 g/mol. The van der Waals surface area contributed by atoms with Gasteiger partial charge in [-0.2, -0.15) is 13.2 Å². The molecule has 0 radical (unpaired) electrons. The molecule has 1 heterocycles. The fourth-order valence-corrected chi connectivity index (χ4v) is 3.83. The highest BCUT2D eigenvalue weighted by Gasteiger charge is 2.36. The average Bonchev–Trinajstić information content (AvgIpc) is 2.92. The van der Waals surface area contributed by atoms with E-state index in [9.17, 15) is 31.5 Å². The Balaban J connectivity index is 2.11. The number of phenols is 1. The minimum absolute atomic E-state index is 0.0400. The molecule has 7 nitrogen and oxygen atoms in total. The van der Waals surface area contributed by atoms with Gasteiger partial charge in [-0.25, -0.2) is 17.9 Å². The molecule has 27 heavy (non-hydrogen) atoms. The van der Waals surface area contributed by atoms with Gasteiger partial charge in [0, 0.05) is 19.1 Å². The lowest BCUT2D eigenvalue weighted by Gasteiger charge is -2.24. The maximum atomic E-state index is 12.9. The van der Waals surface area contributed by atoms with E-state index < -0.39 is 50.1 Å². The third-order valence-corrected chi connectivity index (χ3v) is 5.26. The molecule has 1 aromatic rings. The Morgan fingerprint density at radius 2 is 1.93 bits per heavy atom. The summed E-state index contributed by atoms with van der Waals surface area (Å²) in [4.78, 5) is 12.7. The van der Waals surface area contributed by atoms with Crippen molar-refractivity contribution < 1.29 is 36.2 Å². The van der Waals surface area contributed by atoms with Crippen molar-refractivity contribution in [2.75, 3.05) is 13.1 Å². The van der Waals surface area contributed by atoms with E-state index in [-0.39, 0.29) is 13.1 Å². The van der Waals surface area contributed by atoms with Crippen molar-refractivity contribution in [3.63, 3.8) is 0 Å². The van der Waals surface area contributed by atoms with Crippen LogP contribution in [0.15, 0.2) is 23.1 Å². The first-order valence-corrected chi connectivity index (χ1v) is 9.58. The van der Waals surface area contributed by atoms with Crippen LogP contribution in [0, 0.1) is 0 Å². The number of alkyl halides is 3. The first-order valence-electron chi connectivity index (χ1n) is 8.09. The van der Waals surface area contributed by atoms with Crippen LogP contribution in [0.4, 0.5) is 18.0 Å². The lowest BCUT2D eigenvalue weighted by atomic mass is 10.2. The number of amides is 1. The van der Waals surface area contributed by atoms with Crippen LogP contribution < -0.4 is 4.72 Å². The lowest BCUT2D eigenvalue weighted by Crippen LogP contribution is -2.40. The zero-order valence-corrected chi connectivity index (χ0v) is 15.8. The minimum Gasteiger partial charge on any atom is -0.507 e. The van der Waals surface area contributed by atoms with Gasteiger partial charge in [0.15, 0.2) is 0 Å². The molecule has 0 spiro atoms. The predicted octanol–water partition coefficient (Wildman–Crippen LogP) is 2.70. The minimum atomic E-state index is -4.89. The highest BCUT2D eigenvalue weighted by Crippen LogP contribution is 2.36. The number of phenolic OH excluding ortho intramolecular Hbond substituents is 1. The Bertz CT molecular complexity index is 818. The molecule has 2 rings (SSSR count). The number of sulfonamides is 1. The van der Waals surface area contributed by atoms with Crippen LogP contribution in [0.25, 0.3) is 0 Å². The van der Waals surface area contributed by atoms with Gasteiger partial charge in [0.05, 0.1) is 10.5 Å². The van der Waals surface area contributed by atoms with Gasteiger partial charge >= 0.3 is 12.3 Å². The van der Waals surface area contributed by atoms with Gasteiger partial charge in [0.2, 0.25) is 10.0 Å². The van der Waals surface area contributed by atoms with Crippen molar-refractivity contribution in [2.45, 2.75) is 49.9 Å². The normalized spacial score (nSPS) is 18.6. The third kappa shape index (κ3) is 5.48. The van der Waals surface area contributed by atoms with E-state index >= 15 is 0 Å². The quantitative estimate of drug-likeness (QED) is 0.799. The Morgan fingerprint density at radius 3 is 2.48 bits per heavy atom. The Kier molecular flexibility index (Phi) is 5.67. The largest absolute Gasteiger partial charge is 0.507 e. The van der Waals surface area contributed by atoms with E-state index in [0.717, 1.165) is 6.07 Å². The molecule has 1 aliphatic heterocycles. The molecule has 0 aromatic heterocycles. The summed E-state index contributed by atoms with van der Waals surface area (Å²) in [5.74, 6) is -1.06. The number of likely N-dealkylation sites (tertiary alicyclic amines) is 1. The fourth-order valence-electron chi connectivity index (χ4n) is 2.55. The predicted molar refractivity (Wildman–Crippen MR) is 89.6 cm³/mol. The highest BCUT2D eigenvalue weighted by molar-refractivity contribution is 7.89. The summed E-state index contributed by atoms with van der Waals surface area (Å²) in [6.45, 7) is 5.39. The number of benzene rings is 1. The van der Waals surface area contributed by atoms with Gasteiger partial charge in [-0.05, 0) is 45.4 Å². The van der Waals surface area contributed by atoms with E-state index in [1.54, 1.807) is 20.8 Å². The Hall–Kier alpha value is -2.01. The fraction of sp³-hybridized carbons (Fsp3) is 0.562. The molecule has 2 N–H and O–H groups in total. The smallest absolute Gasteiger partial charge is 0.419 e. The molecular formula is C16H21F3N2O5S. The van der Waals surface area contributed by atoms with Crippen LogP contribution in [0.2, 0.25) is 0 Å². The van der Waals surface area contributed by atoms with E-state index in [4.69, 9.17) is 4.74 Å². The molecule has 1 aliphatic rings. The van der Waals surface area contributed by atoms with Gasteiger partial charge in [-0.3, -0.25) is 0 Å². The van der Waals surface area contributed by atoms with Crippen molar-refractivity contribution in [3.8, 4) is 5.75 Å². The van der Waals surface area contributed by atoms with Gasteiger partial charge in [-0.1, -0.05) is 0 Å². The number of nitrogens with one attached hydrogen (secondary N) is 1. The van der Waals surface area contributed by atoms with E-state index in [0.29, 0.717) is 18.6 Å². The van der Waals surface area contributed by atoms with E-state index in [1.807, 2.05) is 0 Å². The standard InChI is InChI=1S/C16H21F3N2O5S/c1-15(2,3)26-14(23)21-7-6-10(9-21)20-27(24,25)11-4-5-13(22)12(8-11)16(17,18)19/h4-5,8,10,20,22H,6-7,9H2,1-3H3/t10-/m0/s1. The van der Waals surface area contributed by atoms with Crippen LogP contribution in [0.3, 0.4) is 0 Å². The van der Waals surface area contributed by atoms with Crippen molar-refractivity contribution in [1.82, 2.24) is 9.62 Å². The molecule has 1 saturated heterocycles. The second-order valence-electron chi connectivity index (χ2n) is 7.21. The van der Waals surface area contributed by atoms with E-state index in [1.165, 1.54) is 4.90 Å². The summed E-state index contributed by atoms with van der Waals surface area (Å²) in [6.07, 6.45) is -5.19. The SMILES string of the molecule is CC(C)(C)OC(=O)N1CC[C@H](NS(=O)(=O)c2ccc(O)c(C(F)(F)F)c2)C1. The van der Waals surface area contributed by atoms with Crippen molar-refractivity contribution >= 4 is 16.1 Å². The molecule has 11 heteroatoms. The van der Waals surface area contributed by atoms with Crippen LogP contribution in [0.1, 0.15) is 32.8 Å². The number of carbonyl (C=O) groups is 1. The van der Waals surface area contributed by atoms with Crippen molar-refractivity contribution in [2.24, 2.45) is 0 Å². The number of carbonyl (C=O) groups excluding carboxylic acids is 1. The molecule has 0 aliphatic carbocycles. The molecule has 1 atom stereocenters. The number of hydrogen-bond donors (Lipinski definition) is 2. The number of rotatable bonds is 3. The maximum absolute atomic E-state index is 12.9. The lowest BCUT2D eigenvalue weighted by molar-refractivity contribution is -0.138. The van der Waals surface area contributed by atoms with Gasteiger partial charge in [0.1, 0.15) is 11.4 Å². The zero-order valence-electron chi connectivity index (χ0n) is 15.0. The summed E-state index contributed by atoms with van der Waals surface area (Å²) in [5.41, 5.74) is -2.14. The number of hydrogen-bond acceptors (Lipinski definition) is 5.